The fourth-order valence-corrected chi connectivity index (χ4v) is 8.52. The zero-order chi connectivity index (χ0) is 22.4. The van der Waals surface area contributed by atoms with Gasteiger partial charge in [-0.25, -0.2) is 0 Å². The predicted molar refractivity (Wildman–Crippen MR) is 121 cm³/mol. The largest absolute Gasteiger partial charge is 0.469 e. The number of hydrogen-bond acceptors (Lipinski definition) is 4. The third kappa shape index (κ3) is 3.97. The number of ether oxygens (including phenoxy) is 2. The number of hydrogen-bond donors (Lipinski definition) is 0. The lowest BCUT2D eigenvalue weighted by Crippen LogP contribution is -2.52. The lowest BCUT2D eigenvalue weighted by molar-refractivity contribution is -0.154. The number of methoxy groups -OCH3 is 1. The van der Waals surface area contributed by atoms with Crippen molar-refractivity contribution < 1.29 is 19.1 Å². The summed E-state index contributed by atoms with van der Waals surface area (Å²) in [5, 5.41) is 0. The minimum Gasteiger partial charge on any atom is -0.469 e. The summed E-state index contributed by atoms with van der Waals surface area (Å²) in [4.78, 5) is 23.1. The van der Waals surface area contributed by atoms with E-state index in [1.165, 1.54) is 46.1 Å². The summed E-state index contributed by atoms with van der Waals surface area (Å²) in [6, 6.07) is 0. The van der Waals surface area contributed by atoms with E-state index < -0.39 is 0 Å². The van der Waals surface area contributed by atoms with Gasteiger partial charge in [0.15, 0.2) is 0 Å². The topological polar surface area (TPSA) is 52.6 Å². The molecule has 0 bridgehead atoms. The fourth-order valence-electron chi connectivity index (χ4n) is 8.52. The van der Waals surface area contributed by atoms with Gasteiger partial charge in [0.1, 0.15) is 6.10 Å². The van der Waals surface area contributed by atoms with E-state index in [0.717, 1.165) is 31.1 Å². The van der Waals surface area contributed by atoms with Gasteiger partial charge in [-0.05, 0) is 97.7 Å². The van der Waals surface area contributed by atoms with E-state index in [1.54, 1.807) is 0 Å². The molecule has 31 heavy (non-hydrogen) atoms. The Morgan fingerprint density at radius 2 is 1.90 bits per heavy atom. The lowest BCUT2D eigenvalue weighted by atomic mass is 9.46. The van der Waals surface area contributed by atoms with Gasteiger partial charge in [-0.15, -0.1) is 0 Å². The molecule has 4 nitrogen and oxygen atoms in total. The van der Waals surface area contributed by atoms with Gasteiger partial charge in [0, 0.05) is 13.3 Å². The predicted octanol–water partition coefficient (Wildman–Crippen LogP) is 5.94. The molecule has 9 atom stereocenters. The van der Waals surface area contributed by atoms with Gasteiger partial charge < -0.3 is 9.47 Å². The zero-order valence-electron chi connectivity index (χ0n) is 20.2. The van der Waals surface area contributed by atoms with Crippen molar-refractivity contribution in [3.05, 3.63) is 12.2 Å². The molecular formula is C27H42O4. The van der Waals surface area contributed by atoms with Crippen LogP contribution in [0.4, 0.5) is 0 Å². The number of carbonyl (C=O) groups excluding carboxylic acids is 2. The van der Waals surface area contributed by atoms with Crippen LogP contribution in [0.1, 0.15) is 85.5 Å². The van der Waals surface area contributed by atoms with Crippen LogP contribution in [0.3, 0.4) is 0 Å². The Morgan fingerprint density at radius 1 is 1.13 bits per heavy atom. The van der Waals surface area contributed by atoms with Crippen LogP contribution >= 0.6 is 0 Å². The molecule has 4 aliphatic rings. The van der Waals surface area contributed by atoms with Crippen LogP contribution < -0.4 is 0 Å². The maximum absolute atomic E-state index is 11.7. The highest BCUT2D eigenvalue weighted by molar-refractivity contribution is 5.69. The van der Waals surface area contributed by atoms with E-state index in [4.69, 9.17) is 9.47 Å². The second-order valence-electron chi connectivity index (χ2n) is 11.6. The third-order valence-electron chi connectivity index (χ3n) is 10.2. The van der Waals surface area contributed by atoms with Crippen molar-refractivity contribution in [2.75, 3.05) is 7.11 Å². The van der Waals surface area contributed by atoms with Gasteiger partial charge >= 0.3 is 11.9 Å². The molecule has 0 aromatic heterocycles. The average molecular weight is 431 g/mol. The average Bonchev–Trinajstić information content (AvgIpc) is 3.09. The Hall–Kier alpha value is -1.32. The number of allylic oxidation sites excluding steroid dienone is 2. The molecule has 0 N–H and O–H groups in total. The van der Waals surface area contributed by atoms with Crippen molar-refractivity contribution in [3.8, 4) is 0 Å². The van der Waals surface area contributed by atoms with Crippen LogP contribution in [0.25, 0.3) is 0 Å². The lowest BCUT2D eigenvalue weighted by Gasteiger charge is -2.59. The summed E-state index contributed by atoms with van der Waals surface area (Å²) in [5.41, 5.74) is 0.598. The molecule has 0 amide bonds. The number of esters is 2. The summed E-state index contributed by atoms with van der Waals surface area (Å²) >= 11 is 0. The van der Waals surface area contributed by atoms with Gasteiger partial charge in [-0.1, -0.05) is 32.9 Å². The van der Waals surface area contributed by atoms with E-state index in [-0.39, 0.29) is 23.5 Å². The summed E-state index contributed by atoms with van der Waals surface area (Å²) in [6.45, 7) is 8.91. The maximum atomic E-state index is 11.7. The molecule has 3 fully saturated rings. The molecule has 4 aliphatic carbocycles. The first-order valence-corrected chi connectivity index (χ1v) is 12.6. The van der Waals surface area contributed by atoms with Crippen molar-refractivity contribution >= 4 is 11.9 Å². The first kappa shape index (κ1) is 22.9. The number of fused-ring (bicyclic) bond motifs is 5. The summed E-state index contributed by atoms with van der Waals surface area (Å²) in [7, 11) is 1.49. The maximum Gasteiger partial charge on any atom is 0.305 e. The summed E-state index contributed by atoms with van der Waals surface area (Å²) in [6.07, 6.45) is 15.2. The van der Waals surface area contributed by atoms with E-state index in [2.05, 4.69) is 32.9 Å². The van der Waals surface area contributed by atoms with Crippen LogP contribution in [0, 0.1) is 46.3 Å². The Balaban J connectivity index is 1.50. The van der Waals surface area contributed by atoms with Gasteiger partial charge in [-0.2, -0.15) is 0 Å². The number of rotatable bonds is 5. The third-order valence-corrected chi connectivity index (χ3v) is 10.2. The minimum absolute atomic E-state index is 0.0820. The number of carbonyl (C=O) groups is 2. The second kappa shape index (κ2) is 8.56. The van der Waals surface area contributed by atoms with Crippen molar-refractivity contribution in [2.45, 2.75) is 91.6 Å². The Labute approximate surface area is 188 Å². The molecule has 0 aromatic rings. The second-order valence-corrected chi connectivity index (χ2v) is 11.6. The van der Waals surface area contributed by atoms with Gasteiger partial charge in [0.2, 0.25) is 0 Å². The highest BCUT2D eigenvalue weighted by Crippen LogP contribution is 2.66. The smallest absolute Gasteiger partial charge is 0.305 e. The molecule has 0 radical (unpaired) electrons. The first-order valence-electron chi connectivity index (χ1n) is 12.6. The van der Waals surface area contributed by atoms with Crippen LogP contribution in [0.2, 0.25) is 0 Å². The van der Waals surface area contributed by atoms with E-state index in [1.807, 2.05) is 0 Å². The highest BCUT2D eigenvalue weighted by atomic mass is 16.5. The Kier molecular flexibility index (Phi) is 6.31. The van der Waals surface area contributed by atoms with Crippen molar-refractivity contribution in [2.24, 2.45) is 46.3 Å². The van der Waals surface area contributed by atoms with Crippen molar-refractivity contribution in [1.82, 2.24) is 0 Å². The normalized spacial score (nSPS) is 44.5. The molecule has 3 saturated carbocycles. The first-order chi connectivity index (χ1) is 14.7. The molecular weight excluding hydrogens is 388 g/mol. The van der Waals surface area contributed by atoms with E-state index >= 15 is 0 Å². The summed E-state index contributed by atoms with van der Waals surface area (Å²) < 4.78 is 10.5. The molecule has 0 heterocycles. The Morgan fingerprint density at radius 3 is 2.61 bits per heavy atom. The van der Waals surface area contributed by atoms with Crippen LogP contribution in [-0.4, -0.2) is 25.2 Å². The van der Waals surface area contributed by atoms with Gasteiger partial charge in [-0.3, -0.25) is 9.59 Å². The molecule has 0 saturated heterocycles. The minimum atomic E-state index is -0.131. The van der Waals surface area contributed by atoms with Gasteiger partial charge in [0.25, 0.3) is 0 Å². The molecule has 174 valence electrons. The highest BCUT2D eigenvalue weighted by Gasteiger charge is 2.59. The van der Waals surface area contributed by atoms with E-state index in [0.29, 0.717) is 35.5 Å². The fraction of sp³-hybridized carbons (Fsp3) is 0.852. The zero-order valence-corrected chi connectivity index (χ0v) is 20.2. The van der Waals surface area contributed by atoms with Crippen LogP contribution in [-0.2, 0) is 19.1 Å². The van der Waals surface area contributed by atoms with Crippen LogP contribution in [0.5, 0.6) is 0 Å². The molecule has 4 heteroatoms. The Bertz CT molecular complexity index is 729. The molecule has 4 rings (SSSR count). The molecule has 0 unspecified atom stereocenters. The standard InChI is InChI=1S/C27H42O4/c1-17(6-11-25(29)30-5)22-9-10-23-21-8-7-19-16-20(31-18(2)28)12-14-26(19,3)24(21)13-15-27(22,23)4/h13,15,17,19-24H,6-12,14,16H2,1-5H3/t17-,19+,20+,21-,22-,23+,24-,26-,27+/m0/s1. The van der Waals surface area contributed by atoms with Crippen molar-refractivity contribution in [1.29, 1.82) is 0 Å². The van der Waals surface area contributed by atoms with Crippen molar-refractivity contribution in [3.63, 3.8) is 0 Å². The van der Waals surface area contributed by atoms with Gasteiger partial charge in [0.05, 0.1) is 7.11 Å². The van der Waals surface area contributed by atoms with Crippen LogP contribution in [0.15, 0.2) is 12.2 Å². The summed E-state index contributed by atoms with van der Waals surface area (Å²) in [5.74, 6) is 3.85. The SMILES string of the molecule is COC(=O)CC[C@H](C)[C@@H]1CC[C@@H]2[C@@H]3CC[C@@H]4C[C@H](OC(C)=O)CC[C@]4(C)[C@H]3C=C[C@@]21C. The molecule has 0 spiro atoms. The van der Waals surface area contributed by atoms with E-state index in [9.17, 15) is 9.59 Å². The quantitative estimate of drug-likeness (QED) is 0.400. The molecule has 0 aromatic carbocycles. The molecule has 0 aliphatic heterocycles. The monoisotopic (exact) mass is 430 g/mol.